The Labute approximate surface area is 197 Å². The highest BCUT2D eigenvalue weighted by molar-refractivity contribution is 6.05. The van der Waals surface area contributed by atoms with E-state index in [0.717, 1.165) is 11.1 Å². The Morgan fingerprint density at radius 2 is 1.74 bits per heavy atom. The van der Waals surface area contributed by atoms with Gasteiger partial charge in [-0.25, -0.2) is 4.79 Å². The van der Waals surface area contributed by atoms with E-state index in [-0.39, 0.29) is 5.56 Å². The average Bonchev–Trinajstić information content (AvgIpc) is 3.32. The first-order valence-electron chi connectivity index (χ1n) is 10.7. The lowest BCUT2D eigenvalue weighted by Crippen LogP contribution is -2.20. The molecule has 9 nitrogen and oxygen atoms in total. The van der Waals surface area contributed by atoms with Gasteiger partial charge < -0.3 is 9.73 Å². The molecule has 4 aromatic heterocycles. The Balaban J connectivity index is 1.27. The molecule has 9 heteroatoms. The van der Waals surface area contributed by atoms with Crippen LogP contribution in [-0.2, 0) is 0 Å². The summed E-state index contributed by atoms with van der Waals surface area (Å²) in [6.45, 7) is 0. The number of nitrogens with zero attached hydrogens (tertiary/aromatic N) is 5. The van der Waals surface area contributed by atoms with E-state index in [1.807, 2.05) is 42.5 Å². The Morgan fingerprint density at radius 3 is 2.57 bits per heavy atom. The molecule has 6 aromatic rings. The first-order valence-corrected chi connectivity index (χ1v) is 10.7. The van der Waals surface area contributed by atoms with Crippen molar-refractivity contribution in [1.29, 1.82) is 0 Å². The lowest BCUT2D eigenvalue weighted by molar-refractivity contribution is 0.102. The van der Waals surface area contributed by atoms with Gasteiger partial charge in [-0.2, -0.15) is 9.61 Å². The number of para-hydroxylation sites is 1. The summed E-state index contributed by atoms with van der Waals surface area (Å²) in [7, 11) is 0. The van der Waals surface area contributed by atoms with Gasteiger partial charge in [0.2, 0.25) is 0 Å². The lowest BCUT2D eigenvalue weighted by atomic mass is 10.1. The quantitative estimate of drug-likeness (QED) is 0.392. The topological polar surface area (TPSA) is 115 Å². The zero-order valence-corrected chi connectivity index (χ0v) is 18.1. The largest absolute Gasteiger partial charge is 0.422 e. The van der Waals surface area contributed by atoms with Crippen LogP contribution in [0.3, 0.4) is 0 Å². The molecule has 0 aliphatic heterocycles. The van der Waals surface area contributed by atoms with E-state index in [2.05, 4.69) is 25.6 Å². The van der Waals surface area contributed by atoms with Crippen LogP contribution in [0.25, 0.3) is 39.3 Å². The summed E-state index contributed by atoms with van der Waals surface area (Å²) in [6, 6.07) is 23.1. The van der Waals surface area contributed by atoms with Crippen LogP contribution in [0, 0.1) is 0 Å². The third-order valence-electron chi connectivity index (χ3n) is 5.51. The highest BCUT2D eigenvalue weighted by atomic mass is 16.4. The number of carbonyl (C=O) groups excluding carboxylic acids is 1. The number of rotatable bonds is 4. The van der Waals surface area contributed by atoms with E-state index in [9.17, 15) is 9.59 Å². The fraction of sp³-hybridized carbons (Fsp3) is 0. The molecule has 0 atom stereocenters. The number of hydrogen-bond acceptors (Lipinski definition) is 7. The van der Waals surface area contributed by atoms with Crippen LogP contribution in [0.4, 0.5) is 5.69 Å². The summed E-state index contributed by atoms with van der Waals surface area (Å²) in [4.78, 5) is 29.1. The first kappa shape index (κ1) is 20.4. The maximum absolute atomic E-state index is 12.7. The van der Waals surface area contributed by atoms with Gasteiger partial charge in [-0.15, -0.1) is 10.2 Å². The number of hydrogen-bond donors (Lipinski definition) is 1. The fourth-order valence-electron chi connectivity index (χ4n) is 3.76. The fourth-order valence-corrected chi connectivity index (χ4v) is 3.76. The van der Waals surface area contributed by atoms with Crippen LogP contribution in [0.1, 0.15) is 10.4 Å². The number of nitrogens with one attached hydrogen (secondary N) is 1. The van der Waals surface area contributed by atoms with E-state index in [1.165, 1.54) is 6.07 Å². The molecule has 0 saturated carbocycles. The van der Waals surface area contributed by atoms with Crippen LogP contribution >= 0.6 is 0 Å². The molecule has 4 heterocycles. The summed E-state index contributed by atoms with van der Waals surface area (Å²) in [6.07, 6.45) is 3.40. The SMILES string of the molecule is O=C(Nc1ccc(-c2ccc3nnc(-c4cccnc4)n3n2)cc1)c1cc2ccccc2oc1=O. The van der Waals surface area contributed by atoms with Crippen molar-refractivity contribution >= 4 is 28.2 Å². The van der Waals surface area contributed by atoms with Crippen LogP contribution < -0.4 is 10.9 Å². The highest BCUT2D eigenvalue weighted by Crippen LogP contribution is 2.23. The Morgan fingerprint density at radius 1 is 0.886 bits per heavy atom. The average molecular weight is 460 g/mol. The predicted octanol–water partition coefficient (Wildman–Crippen LogP) is 4.21. The number of amides is 1. The van der Waals surface area contributed by atoms with Gasteiger partial charge in [0.1, 0.15) is 11.1 Å². The maximum Gasteiger partial charge on any atom is 0.349 e. The molecule has 0 aliphatic carbocycles. The van der Waals surface area contributed by atoms with Gasteiger partial charge >= 0.3 is 5.63 Å². The van der Waals surface area contributed by atoms with Crippen molar-refractivity contribution in [2.24, 2.45) is 0 Å². The highest BCUT2D eigenvalue weighted by Gasteiger charge is 2.15. The minimum atomic E-state index is -0.686. The molecule has 168 valence electrons. The Bertz CT molecular complexity index is 1760. The number of anilines is 1. The van der Waals surface area contributed by atoms with E-state index in [0.29, 0.717) is 33.8 Å². The molecule has 1 amide bonds. The second kappa shape index (κ2) is 8.31. The smallest absolute Gasteiger partial charge is 0.349 e. The molecule has 0 bridgehead atoms. The van der Waals surface area contributed by atoms with Crippen molar-refractivity contribution in [2.75, 3.05) is 5.32 Å². The van der Waals surface area contributed by atoms with Crippen LogP contribution in [0.5, 0.6) is 0 Å². The number of carbonyl (C=O) groups is 1. The summed E-state index contributed by atoms with van der Waals surface area (Å²) in [5.74, 6) is 0.0513. The van der Waals surface area contributed by atoms with E-state index >= 15 is 0 Å². The normalized spacial score (nSPS) is 11.1. The van der Waals surface area contributed by atoms with E-state index < -0.39 is 11.5 Å². The second-order valence-electron chi connectivity index (χ2n) is 7.77. The molecule has 6 rings (SSSR count). The predicted molar refractivity (Wildman–Crippen MR) is 130 cm³/mol. The minimum Gasteiger partial charge on any atom is -0.422 e. The van der Waals surface area contributed by atoms with E-state index in [1.54, 1.807) is 47.2 Å². The molecule has 0 unspecified atom stereocenters. The molecule has 0 fully saturated rings. The molecule has 2 aromatic carbocycles. The number of fused-ring (bicyclic) bond motifs is 2. The third kappa shape index (κ3) is 3.80. The van der Waals surface area contributed by atoms with Crippen molar-refractivity contribution in [3.05, 3.63) is 107 Å². The van der Waals surface area contributed by atoms with Gasteiger partial charge in [0.15, 0.2) is 11.5 Å². The Hall–Kier alpha value is -5.18. The second-order valence-corrected chi connectivity index (χ2v) is 7.77. The van der Waals surface area contributed by atoms with Crippen molar-refractivity contribution in [2.45, 2.75) is 0 Å². The van der Waals surface area contributed by atoms with Crippen molar-refractivity contribution < 1.29 is 9.21 Å². The minimum absolute atomic E-state index is 0.0598. The summed E-state index contributed by atoms with van der Waals surface area (Å²) >= 11 is 0. The molecular weight excluding hydrogens is 444 g/mol. The Kier molecular flexibility index (Phi) is 4.85. The number of pyridine rings is 1. The first-order chi connectivity index (χ1) is 17.2. The lowest BCUT2D eigenvalue weighted by Gasteiger charge is -2.07. The van der Waals surface area contributed by atoms with Crippen molar-refractivity contribution in [3.8, 4) is 22.6 Å². The van der Waals surface area contributed by atoms with Gasteiger partial charge in [0.25, 0.3) is 5.91 Å². The molecule has 0 spiro atoms. The molecule has 35 heavy (non-hydrogen) atoms. The van der Waals surface area contributed by atoms with Gasteiger partial charge in [0, 0.05) is 34.6 Å². The summed E-state index contributed by atoms with van der Waals surface area (Å²) < 4.78 is 6.93. The molecular formula is C26H16N6O3. The van der Waals surface area contributed by atoms with Crippen LogP contribution in [-0.4, -0.2) is 30.7 Å². The molecule has 0 radical (unpaired) electrons. The van der Waals surface area contributed by atoms with Gasteiger partial charge in [-0.05, 0) is 48.5 Å². The van der Waals surface area contributed by atoms with Gasteiger partial charge in [0.05, 0.1) is 5.69 Å². The molecule has 0 aliphatic rings. The zero-order chi connectivity index (χ0) is 23.8. The van der Waals surface area contributed by atoms with Gasteiger partial charge in [-0.3, -0.25) is 9.78 Å². The third-order valence-corrected chi connectivity index (χ3v) is 5.51. The van der Waals surface area contributed by atoms with Crippen molar-refractivity contribution in [1.82, 2.24) is 24.8 Å². The number of aromatic nitrogens is 5. The molecule has 1 N–H and O–H groups in total. The zero-order valence-electron chi connectivity index (χ0n) is 18.1. The van der Waals surface area contributed by atoms with Crippen LogP contribution in [0.15, 0.2) is 100 Å². The molecule has 0 saturated heterocycles. The van der Waals surface area contributed by atoms with Crippen LogP contribution in [0.2, 0.25) is 0 Å². The summed E-state index contributed by atoms with van der Waals surface area (Å²) in [5.41, 5.74) is 3.18. The monoisotopic (exact) mass is 460 g/mol. The van der Waals surface area contributed by atoms with Crippen molar-refractivity contribution in [3.63, 3.8) is 0 Å². The van der Waals surface area contributed by atoms with E-state index in [4.69, 9.17) is 4.42 Å². The maximum atomic E-state index is 12.7. The summed E-state index contributed by atoms with van der Waals surface area (Å²) in [5, 5.41) is 16.5. The standard InChI is InChI=1S/C26H16N6O3/c33-25(20-14-17-4-1-2-6-22(17)35-26(20)34)28-19-9-7-16(8-10-19)21-11-12-23-29-30-24(32(23)31-21)18-5-3-13-27-15-18/h1-15H,(H,28,33). The van der Waals surface area contributed by atoms with Gasteiger partial charge in [-0.1, -0.05) is 30.3 Å². The number of benzene rings is 2.